The fourth-order valence-corrected chi connectivity index (χ4v) is 5.49. The Labute approximate surface area is 150 Å². The molecule has 2 aliphatic carbocycles. The Kier molecular flexibility index (Phi) is 4.50. The van der Waals surface area contributed by atoms with Crippen molar-refractivity contribution < 1.29 is 0 Å². The van der Waals surface area contributed by atoms with Crippen LogP contribution in [0, 0.1) is 11.8 Å². The molecule has 0 amide bonds. The van der Waals surface area contributed by atoms with Crippen LogP contribution in [0.25, 0.3) is 6.08 Å². The second-order valence-corrected chi connectivity index (χ2v) is 8.61. The van der Waals surface area contributed by atoms with Crippen molar-refractivity contribution in [2.45, 2.75) is 43.4 Å². The molecule has 2 aliphatic rings. The lowest BCUT2D eigenvalue weighted by atomic mass is 9.65. The Balaban J connectivity index is 1.47. The van der Waals surface area contributed by atoms with Gasteiger partial charge >= 0.3 is 0 Å². The Morgan fingerprint density at radius 3 is 2.08 bits per heavy atom. The Morgan fingerprint density at radius 2 is 1.46 bits per heavy atom. The molecule has 0 heterocycles. The highest BCUT2D eigenvalue weighted by molar-refractivity contribution is 6.24. The van der Waals surface area contributed by atoms with Gasteiger partial charge in [0.05, 0.1) is 0 Å². The monoisotopic (exact) mass is 336 g/mol. The predicted molar refractivity (Wildman–Crippen MR) is 103 cm³/mol. The molecule has 2 saturated carbocycles. The first-order valence-corrected chi connectivity index (χ1v) is 9.54. The quantitative estimate of drug-likeness (QED) is 0.561. The molecule has 0 aromatic heterocycles. The van der Waals surface area contributed by atoms with Crippen LogP contribution in [0.2, 0.25) is 0 Å². The predicted octanol–water partition coefficient (Wildman–Crippen LogP) is 6.50. The molecule has 2 atom stereocenters. The van der Waals surface area contributed by atoms with Crippen LogP contribution in [0.1, 0.15) is 43.2 Å². The van der Waals surface area contributed by atoms with E-state index in [1.54, 1.807) is 5.57 Å². The highest BCUT2D eigenvalue weighted by atomic mass is 35.5. The number of halogens is 1. The van der Waals surface area contributed by atoms with Crippen LogP contribution in [0.3, 0.4) is 0 Å². The maximum atomic E-state index is 7.10. The minimum Gasteiger partial charge on any atom is -0.119 e. The number of hydrogen-bond acceptors (Lipinski definition) is 0. The van der Waals surface area contributed by atoms with E-state index in [2.05, 4.69) is 66.7 Å². The van der Waals surface area contributed by atoms with Crippen molar-refractivity contribution >= 4 is 17.7 Å². The van der Waals surface area contributed by atoms with Crippen LogP contribution in [-0.4, -0.2) is 4.87 Å². The number of hydrogen-bond donors (Lipinski definition) is 0. The number of allylic oxidation sites excluding steroid dienone is 1. The minimum atomic E-state index is -0.0345. The van der Waals surface area contributed by atoms with E-state index in [0.29, 0.717) is 0 Å². The van der Waals surface area contributed by atoms with Crippen molar-refractivity contribution in [1.82, 2.24) is 0 Å². The molecule has 124 valence electrons. The molecule has 0 nitrogen and oxygen atoms in total. The van der Waals surface area contributed by atoms with Crippen LogP contribution in [0.15, 0.2) is 66.2 Å². The van der Waals surface area contributed by atoms with E-state index in [9.17, 15) is 0 Å². The maximum Gasteiger partial charge on any atom is 0.0492 e. The fraction of sp³-hybridized carbons (Fsp3) is 0.391. The maximum absolute atomic E-state index is 7.10. The minimum absolute atomic E-state index is 0.0345. The number of fused-ring (bicyclic) bond motifs is 2. The van der Waals surface area contributed by atoms with Gasteiger partial charge in [0.15, 0.2) is 0 Å². The van der Waals surface area contributed by atoms with Gasteiger partial charge < -0.3 is 0 Å². The molecule has 1 heteroatoms. The number of benzene rings is 2. The second-order valence-electron chi connectivity index (χ2n) is 7.81. The molecule has 2 aromatic carbocycles. The summed E-state index contributed by atoms with van der Waals surface area (Å²) in [4.78, 5) is -0.0345. The van der Waals surface area contributed by atoms with Crippen molar-refractivity contribution in [3.05, 3.63) is 77.4 Å². The third-order valence-corrected chi connectivity index (χ3v) is 6.05. The van der Waals surface area contributed by atoms with Gasteiger partial charge in [-0.2, -0.15) is 0 Å². The summed E-state index contributed by atoms with van der Waals surface area (Å²) in [6, 6.07) is 21.5. The molecule has 0 aliphatic heterocycles. The van der Waals surface area contributed by atoms with Gasteiger partial charge in [-0.3, -0.25) is 0 Å². The van der Waals surface area contributed by atoms with Gasteiger partial charge in [0.1, 0.15) is 0 Å². The summed E-state index contributed by atoms with van der Waals surface area (Å²) in [6.07, 6.45) is 9.58. The lowest BCUT2D eigenvalue weighted by Gasteiger charge is -2.45. The highest BCUT2D eigenvalue weighted by Crippen LogP contribution is 2.50. The molecule has 0 saturated heterocycles. The molecule has 2 aromatic rings. The van der Waals surface area contributed by atoms with Crippen LogP contribution in [-0.2, 0) is 6.42 Å². The summed E-state index contributed by atoms with van der Waals surface area (Å²) in [6.45, 7) is 0. The van der Waals surface area contributed by atoms with Crippen molar-refractivity contribution in [3.8, 4) is 0 Å². The average Bonchev–Trinajstić information content (AvgIpc) is 2.55. The van der Waals surface area contributed by atoms with Crippen molar-refractivity contribution in [2.75, 3.05) is 0 Å². The van der Waals surface area contributed by atoms with Crippen LogP contribution in [0.5, 0.6) is 0 Å². The summed E-state index contributed by atoms with van der Waals surface area (Å²) in [5.41, 5.74) is 4.35. The van der Waals surface area contributed by atoms with E-state index in [-0.39, 0.29) is 4.87 Å². The zero-order valence-electron chi connectivity index (χ0n) is 14.1. The second kappa shape index (κ2) is 6.76. The number of rotatable bonds is 3. The lowest BCUT2D eigenvalue weighted by molar-refractivity contribution is 0.183. The van der Waals surface area contributed by atoms with E-state index in [1.807, 2.05) is 0 Å². The van der Waals surface area contributed by atoms with Gasteiger partial charge in [0.2, 0.25) is 0 Å². The summed E-state index contributed by atoms with van der Waals surface area (Å²) < 4.78 is 0. The largest absolute Gasteiger partial charge is 0.119 e. The molecule has 0 spiro atoms. The van der Waals surface area contributed by atoms with Crippen LogP contribution in [0.4, 0.5) is 0 Å². The fourth-order valence-electron chi connectivity index (χ4n) is 4.90. The summed E-state index contributed by atoms with van der Waals surface area (Å²) >= 11 is 7.10. The molecule has 2 unspecified atom stereocenters. The van der Waals surface area contributed by atoms with Gasteiger partial charge in [0.25, 0.3) is 0 Å². The zero-order valence-corrected chi connectivity index (χ0v) is 14.9. The average molecular weight is 337 g/mol. The van der Waals surface area contributed by atoms with E-state index in [4.69, 9.17) is 11.6 Å². The molecule has 0 N–H and O–H groups in total. The van der Waals surface area contributed by atoms with Gasteiger partial charge in [0, 0.05) is 4.87 Å². The van der Waals surface area contributed by atoms with E-state index < -0.39 is 0 Å². The van der Waals surface area contributed by atoms with Crippen molar-refractivity contribution in [2.24, 2.45) is 11.8 Å². The first-order valence-electron chi connectivity index (χ1n) is 9.16. The smallest absolute Gasteiger partial charge is 0.0492 e. The third-order valence-electron chi connectivity index (χ3n) is 5.61. The SMILES string of the molecule is ClC1(Cc2ccccc2)CC2CC(=Cc3ccccc3)CC(C2)C1. The standard InChI is InChI=1S/C23H25Cl/c24-23(15-19-9-5-2-6-10-19)16-21-12-20(13-22(14-21)17-23)11-18-7-3-1-4-8-18/h1-11,21-22H,12-17H2. The molecule has 4 rings (SSSR count). The van der Waals surface area contributed by atoms with Gasteiger partial charge in [-0.15, -0.1) is 11.6 Å². The third kappa shape index (κ3) is 3.75. The lowest BCUT2D eigenvalue weighted by Crippen LogP contribution is -2.39. The normalized spacial score (nSPS) is 29.3. The zero-order chi connectivity index (χ0) is 16.4. The summed E-state index contributed by atoms with van der Waals surface area (Å²) in [5.74, 6) is 1.52. The van der Waals surface area contributed by atoms with E-state index in [0.717, 1.165) is 31.1 Å². The Bertz CT molecular complexity index is 685. The first-order chi connectivity index (χ1) is 11.7. The molecular formula is C23H25Cl. The topological polar surface area (TPSA) is 0 Å². The molecule has 2 fully saturated rings. The van der Waals surface area contributed by atoms with Gasteiger partial charge in [-0.05, 0) is 61.5 Å². The highest BCUT2D eigenvalue weighted by Gasteiger charge is 2.41. The Hall–Kier alpha value is -1.53. The van der Waals surface area contributed by atoms with Crippen LogP contribution >= 0.6 is 11.6 Å². The van der Waals surface area contributed by atoms with E-state index in [1.165, 1.54) is 30.4 Å². The van der Waals surface area contributed by atoms with Crippen LogP contribution < -0.4 is 0 Å². The van der Waals surface area contributed by atoms with Gasteiger partial charge in [-0.25, -0.2) is 0 Å². The summed E-state index contributed by atoms with van der Waals surface area (Å²) in [7, 11) is 0. The van der Waals surface area contributed by atoms with Gasteiger partial charge in [-0.1, -0.05) is 72.3 Å². The molecular weight excluding hydrogens is 312 g/mol. The molecule has 24 heavy (non-hydrogen) atoms. The Morgan fingerprint density at radius 1 is 0.875 bits per heavy atom. The molecule has 0 radical (unpaired) electrons. The first kappa shape index (κ1) is 16.0. The number of alkyl halides is 1. The van der Waals surface area contributed by atoms with Crippen molar-refractivity contribution in [1.29, 1.82) is 0 Å². The molecule has 2 bridgehead atoms. The van der Waals surface area contributed by atoms with Crippen molar-refractivity contribution in [3.63, 3.8) is 0 Å². The summed E-state index contributed by atoms with van der Waals surface area (Å²) in [5, 5.41) is 0. The van der Waals surface area contributed by atoms with E-state index >= 15 is 0 Å².